The summed E-state index contributed by atoms with van der Waals surface area (Å²) in [6.45, 7) is 0. The number of hydrogen-bond donors (Lipinski definition) is 2. The topological polar surface area (TPSA) is 66.4 Å². The van der Waals surface area contributed by atoms with E-state index in [9.17, 15) is 9.59 Å². The van der Waals surface area contributed by atoms with Gasteiger partial charge in [0.2, 0.25) is 0 Å². The number of nitrogens with one attached hydrogen (secondary N) is 1. The van der Waals surface area contributed by atoms with Gasteiger partial charge in [0, 0.05) is 0 Å². The van der Waals surface area contributed by atoms with E-state index >= 15 is 0 Å². The summed E-state index contributed by atoms with van der Waals surface area (Å²) in [6, 6.07) is -0.525. The molecule has 2 aliphatic carbocycles. The number of ketones is 1. The Balaban J connectivity index is 1.95. The largest absolute Gasteiger partial charge is 0.465 e. The Hall–Kier alpha value is -0.580. The number of halogens is 1. The van der Waals surface area contributed by atoms with E-state index in [4.69, 9.17) is 5.11 Å². The smallest absolute Gasteiger partial charge is 0.405 e. The zero-order chi connectivity index (χ0) is 12.5. The third-order valence-corrected chi connectivity index (χ3v) is 4.83. The third kappa shape index (κ3) is 3.00. The Morgan fingerprint density at radius 2 is 1.88 bits per heavy atom. The molecule has 0 aromatic carbocycles. The van der Waals surface area contributed by atoms with Gasteiger partial charge in [-0.3, -0.25) is 4.79 Å². The molecule has 0 aliphatic heterocycles. The lowest BCUT2D eigenvalue weighted by molar-refractivity contribution is -0.120. The summed E-state index contributed by atoms with van der Waals surface area (Å²) in [5.74, 6) is 0.131. The molecule has 5 heteroatoms. The lowest BCUT2D eigenvalue weighted by atomic mass is 9.76. The fourth-order valence-electron chi connectivity index (χ4n) is 2.94. The van der Waals surface area contributed by atoms with Crippen molar-refractivity contribution in [3.05, 3.63) is 0 Å². The van der Waals surface area contributed by atoms with Gasteiger partial charge in [0.05, 0.1) is 11.4 Å². The summed E-state index contributed by atoms with van der Waals surface area (Å²) in [5, 5.41) is 11.4. The fraction of sp³-hybridized carbons (Fsp3) is 0.833. The van der Waals surface area contributed by atoms with Gasteiger partial charge in [-0.2, -0.15) is 0 Å². The molecule has 2 rings (SSSR count). The van der Waals surface area contributed by atoms with Crippen LogP contribution in [0.25, 0.3) is 0 Å². The molecular weight excluding hydrogens is 286 g/mol. The molecule has 0 saturated heterocycles. The van der Waals surface area contributed by atoms with Crippen LogP contribution >= 0.6 is 15.9 Å². The quantitative estimate of drug-likeness (QED) is 0.784. The van der Waals surface area contributed by atoms with Gasteiger partial charge in [-0.1, -0.05) is 15.9 Å². The second-order valence-electron chi connectivity index (χ2n) is 5.36. The minimum absolute atomic E-state index is 0.0517. The van der Waals surface area contributed by atoms with E-state index in [1.165, 1.54) is 12.8 Å². The SMILES string of the molecule is O=C(O)NC(C(=O)CBr)C1CCC2(CC1)CC2. The van der Waals surface area contributed by atoms with Crippen molar-refractivity contribution < 1.29 is 14.7 Å². The highest BCUT2D eigenvalue weighted by Gasteiger charge is 2.46. The third-order valence-electron chi connectivity index (χ3n) is 4.28. The summed E-state index contributed by atoms with van der Waals surface area (Å²) < 4.78 is 0. The highest BCUT2D eigenvalue weighted by atomic mass is 79.9. The maximum Gasteiger partial charge on any atom is 0.405 e. The summed E-state index contributed by atoms with van der Waals surface area (Å²) >= 11 is 3.12. The summed E-state index contributed by atoms with van der Waals surface area (Å²) in [5.41, 5.74) is 0.571. The van der Waals surface area contributed by atoms with E-state index in [2.05, 4.69) is 21.2 Å². The van der Waals surface area contributed by atoms with E-state index < -0.39 is 12.1 Å². The lowest BCUT2D eigenvalue weighted by Gasteiger charge is -2.33. The van der Waals surface area contributed by atoms with Gasteiger partial charge in [0.25, 0.3) is 0 Å². The molecule has 0 aromatic heterocycles. The molecule has 2 aliphatic rings. The maximum absolute atomic E-state index is 11.8. The molecule has 0 bridgehead atoms. The van der Waals surface area contributed by atoms with Gasteiger partial charge in [-0.25, -0.2) is 4.79 Å². The molecule has 96 valence electrons. The van der Waals surface area contributed by atoms with Crippen LogP contribution in [0.3, 0.4) is 0 Å². The fourth-order valence-corrected chi connectivity index (χ4v) is 3.29. The summed E-state index contributed by atoms with van der Waals surface area (Å²) in [4.78, 5) is 22.5. The molecule has 1 atom stereocenters. The Morgan fingerprint density at radius 1 is 1.29 bits per heavy atom. The highest BCUT2D eigenvalue weighted by molar-refractivity contribution is 9.09. The molecule has 2 N–H and O–H groups in total. The molecule has 0 radical (unpaired) electrons. The van der Waals surface area contributed by atoms with Crippen molar-refractivity contribution in [3.8, 4) is 0 Å². The normalized spacial score (nSPS) is 24.3. The number of carbonyl (C=O) groups is 2. The zero-order valence-electron chi connectivity index (χ0n) is 9.75. The van der Waals surface area contributed by atoms with E-state index in [1.807, 2.05) is 0 Å². The first-order valence-electron chi connectivity index (χ1n) is 6.14. The van der Waals surface area contributed by atoms with Crippen LogP contribution in [0.1, 0.15) is 38.5 Å². The average Bonchev–Trinajstić information content (AvgIpc) is 3.06. The predicted molar refractivity (Wildman–Crippen MR) is 67.4 cm³/mol. The first kappa shape index (κ1) is 12.9. The number of rotatable bonds is 4. The predicted octanol–water partition coefficient (Wildman–Crippen LogP) is 2.56. The molecule has 4 nitrogen and oxygen atoms in total. The standard InChI is InChI=1S/C12H18BrNO3/c13-7-9(15)10(14-11(16)17)8-1-3-12(4-2-8)5-6-12/h8,10,14H,1-7H2,(H,16,17). The molecule has 0 aromatic rings. The lowest BCUT2D eigenvalue weighted by Crippen LogP contribution is -2.47. The minimum Gasteiger partial charge on any atom is -0.465 e. The van der Waals surface area contributed by atoms with Crippen LogP contribution in [0, 0.1) is 11.3 Å². The molecule has 1 unspecified atom stereocenters. The van der Waals surface area contributed by atoms with Crippen LogP contribution in [0.2, 0.25) is 0 Å². The minimum atomic E-state index is -1.10. The highest BCUT2D eigenvalue weighted by Crippen LogP contribution is 2.57. The van der Waals surface area contributed by atoms with Gasteiger partial charge in [-0.15, -0.1) is 0 Å². The van der Waals surface area contributed by atoms with Crippen LogP contribution < -0.4 is 5.32 Å². The molecule has 2 fully saturated rings. The Kier molecular flexibility index (Phi) is 3.76. The van der Waals surface area contributed by atoms with Crippen LogP contribution in [-0.4, -0.2) is 28.4 Å². The number of carboxylic acid groups (broad SMARTS) is 1. The van der Waals surface area contributed by atoms with Crippen molar-refractivity contribution in [2.45, 2.75) is 44.6 Å². The number of alkyl halides is 1. The zero-order valence-corrected chi connectivity index (χ0v) is 11.3. The monoisotopic (exact) mass is 303 g/mol. The van der Waals surface area contributed by atoms with Crippen molar-refractivity contribution >= 4 is 27.8 Å². The first-order valence-corrected chi connectivity index (χ1v) is 7.27. The van der Waals surface area contributed by atoms with Crippen molar-refractivity contribution in [1.82, 2.24) is 5.32 Å². The van der Waals surface area contributed by atoms with Gasteiger partial charge in [0.15, 0.2) is 5.78 Å². The molecule has 0 heterocycles. The van der Waals surface area contributed by atoms with Gasteiger partial charge in [0.1, 0.15) is 0 Å². The Bertz CT molecular complexity index is 318. The van der Waals surface area contributed by atoms with E-state index in [0.717, 1.165) is 25.7 Å². The number of amides is 1. The molecule has 17 heavy (non-hydrogen) atoms. The van der Waals surface area contributed by atoms with Crippen LogP contribution in [-0.2, 0) is 4.79 Å². The molecule has 2 saturated carbocycles. The second kappa shape index (κ2) is 4.96. The Morgan fingerprint density at radius 3 is 2.29 bits per heavy atom. The van der Waals surface area contributed by atoms with Gasteiger partial charge < -0.3 is 10.4 Å². The van der Waals surface area contributed by atoms with E-state index in [0.29, 0.717) is 5.41 Å². The maximum atomic E-state index is 11.8. The number of hydrogen-bond acceptors (Lipinski definition) is 2. The van der Waals surface area contributed by atoms with Crippen LogP contribution in [0.5, 0.6) is 0 Å². The number of Topliss-reactive ketones (excluding diaryl/α,β-unsaturated/α-hetero) is 1. The van der Waals surface area contributed by atoms with Crippen LogP contribution in [0.4, 0.5) is 4.79 Å². The molecule has 1 spiro atoms. The number of carbonyl (C=O) groups excluding carboxylic acids is 1. The van der Waals surface area contributed by atoms with Crippen molar-refractivity contribution in [1.29, 1.82) is 0 Å². The van der Waals surface area contributed by atoms with Gasteiger partial charge in [-0.05, 0) is 49.9 Å². The van der Waals surface area contributed by atoms with E-state index in [-0.39, 0.29) is 17.0 Å². The first-order chi connectivity index (χ1) is 8.06. The van der Waals surface area contributed by atoms with Crippen LogP contribution in [0.15, 0.2) is 0 Å². The van der Waals surface area contributed by atoms with Gasteiger partial charge >= 0.3 is 6.09 Å². The molecular formula is C12H18BrNO3. The van der Waals surface area contributed by atoms with Crippen molar-refractivity contribution in [3.63, 3.8) is 0 Å². The average molecular weight is 304 g/mol. The van der Waals surface area contributed by atoms with Crippen molar-refractivity contribution in [2.24, 2.45) is 11.3 Å². The Labute approximate surface area is 109 Å². The second-order valence-corrected chi connectivity index (χ2v) is 5.93. The van der Waals surface area contributed by atoms with E-state index in [1.54, 1.807) is 0 Å². The van der Waals surface area contributed by atoms with Crippen molar-refractivity contribution in [2.75, 3.05) is 5.33 Å². The molecule has 1 amide bonds. The summed E-state index contributed by atoms with van der Waals surface area (Å²) in [7, 11) is 0. The summed E-state index contributed by atoms with van der Waals surface area (Å²) in [6.07, 6.45) is 5.81.